The second kappa shape index (κ2) is 63.0. The van der Waals surface area contributed by atoms with Gasteiger partial charge in [0.2, 0.25) is 5.91 Å². The molecule has 0 aromatic carbocycles. The largest absolute Gasteiger partial charge is 0.454 e. The smallest absolute Gasteiger partial charge is 0.306 e. The molecule has 11 heteroatoms. The third-order valence-corrected chi connectivity index (χ3v) is 16.8. The second-order valence-electron chi connectivity index (χ2n) is 24.9. The van der Waals surface area contributed by atoms with Crippen LogP contribution in [0, 0.1) is 0 Å². The Bertz CT molecular complexity index is 1740. The van der Waals surface area contributed by atoms with Gasteiger partial charge < -0.3 is 45.1 Å². The van der Waals surface area contributed by atoms with E-state index in [2.05, 4.69) is 99.0 Å². The number of nitrogens with one attached hydrogen (secondary N) is 1. The fourth-order valence-corrected chi connectivity index (χ4v) is 11.1. The molecule has 1 heterocycles. The highest BCUT2D eigenvalue weighted by molar-refractivity contribution is 5.80. The molecule has 0 spiro atoms. The summed E-state index contributed by atoms with van der Waals surface area (Å²) in [6.07, 6.45) is 73.4. The van der Waals surface area contributed by atoms with Gasteiger partial charge >= 0.3 is 5.97 Å². The molecular formula is C76H135NO10. The van der Waals surface area contributed by atoms with Crippen LogP contribution in [-0.4, -0.2) is 99.6 Å². The highest BCUT2D eigenvalue weighted by Crippen LogP contribution is 2.26. The number of aliphatic hydroxyl groups excluding tert-OH is 5. The van der Waals surface area contributed by atoms with Crippen LogP contribution in [0.1, 0.15) is 323 Å². The molecule has 0 radical (unpaired) electrons. The number of hydrogen-bond donors (Lipinski definition) is 6. The van der Waals surface area contributed by atoms with Crippen molar-refractivity contribution in [3.63, 3.8) is 0 Å². The summed E-state index contributed by atoms with van der Waals surface area (Å²) < 4.78 is 17.7. The number of ether oxygens (including phenoxy) is 3. The fourth-order valence-electron chi connectivity index (χ4n) is 11.1. The van der Waals surface area contributed by atoms with Crippen molar-refractivity contribution in [3.05, 3.63) is 85.1 Å². The molecule has 1 aliphatic rings. The van der Waals surface area contributed by atoms with Gasteiger partial charge in [-0.3, -0.25) is 9.59 Å². The maximum atomic E-state index is 13.5. The predicted octanol–water partition coefficient (Wildman–Crippen LogP) is 18.8. The van der Waals surface area contributed by atoms with E-state index >= 15 is 0 Å². The van der Waals surface area contributed by atoms with E-state index in [9.17, 15) is 35.1 Å². The summed E-state index contributed by atoms with van der Waals surface area (Å²) in [5.74, 6) is -1.23. The summed E-state index contributed by atoms with van der Waals surface area (Å²) in [6.45, 7) is 5.70. The molecule has 0 aromatic rings. The van der Waals surface area contributed by atoms with Gasteiger partial charge in [-0.05, 0) is 77.0 Å². The first-order valence-electron chi connectivity index (χ1n) is 36.4. The van der Waals surface area contributed by atoms with Crippen LogP contribution in [0.2, 0.25) is 0 Å². The average molecular weight is 1220 g/mol. The van der Waals surface area contributed by atoms with Gasteiger partial charge in [-0.2, -0.15) is 0 Å². The van der Waals surface area contributed by atoms with E-state index in [0.717, 1.165) is 89.9 Å². The fraction of sp³-hybridized carbons (Fsp3) is 0.789. The maximum absolute atomic E-state index is 13.5. The van der Waals surface area contributed by atoms with Crippen molar-refractivity contribution in [3.8, 4) is 0 Å². The minimum atomic E-state index is -1.64. The molecule has 0 aliphatic carbocycles. The number of unbranched alkanes of at least 4 members (excludes halogenated alkanes) is 36. The number of aliphatic hydroxyl groups is 5. The standard InChI is InChI=1S/C76H135NO10/c1-4-7-10-13-16-19-22-25-27-29-31-33-34-35-37-38-40-42-45-48-51-54-57-60-63-69(80)75(84)77-67(68(79)62-59-56-53-50-47-44-24-21-18-15-12-9-6-3)66-85-76-74(73(83)72(82)70(65-78)86-76)87-71(81)64-61-58-55-52-49-46-43-41-39-36-32-30-28-26-23-20-17-14-11-8-5-2/h8,11,17,20,26,28,32,36,41,43,49,52,59,62,67-70,72-74,76,78-80,82-83H,4-7,9-10,12-16,18-19,21-25,27,29-31,33-35,37-40,42,44-48,50-51,53-58,60-61,63-66H2,1-3H3,(H,77,84)/b11-8-,20-17-,28-26-,36-32-,43-41-,52-49-,62-59+. The average Bonchev–Trinajstić information content (AvgIpc) is 2.32. The van der Waals surface area contributed by atoms with Crippen molar-refractivity contribution in [2.75, 3.05) is 13.2 Å². The van der Waals surface area contributed by atoms with E-state index < -0.39 is 67.4 Å². The molecule has 0 bridgehead atoms. The van der Waals surface area contributed by atoms with E-state index in [4.69, 9.17) is 14.2 Å². The summed E-state index contributed by atoms with van der Waals surface area (Å²) in [6, 6.07) is -1.04. The molecule has 1 amide bonds. The highest BCUT2D eigenvalue weighted by atomic mass is 16.7. The Hall–Kier alpha value is -3.16. The first-order chi connectivity index (χ1) is 42.7. The van der Waals surface area contributed by atoms with Crippen molar-refractivity contribution in [1.29, 1.82) is 0 Å². The zero-order valence-electron chi connectivity index (χ0n) is 56.1. The molecular weight excluding hydrogens is 1090 g/mol. The first-order valence-corrected chi connectivity index (χ1v) is 36.4. The van der Waals surface area contributed by atoms with E-state index in [-0.39, 0.29) is 19.4 Å². The van der Waals surface area contributed by atoms with E-state index in [1.54, 1.807) is 6.08 Å². The molecule has 87 heavy (non-hydrogen) atoms. The lowest BCUT2D eigenvalue weighted by molar-refractivity contribution is -0.305. The minimum Gasteiger partial charge on any atom is -0.454 e. The topological polar surface area (TPSA) is 175 Å². The molecule has 11 nitrogen and oxygen atoms in total. The zero-order valence-corrected chi connectivity index (χ0v) is 56.1. The van der Waals surface area contributed by atoms with Gasteiger partial charge in [-0.25, -0.2) is 0 Å². The van der Waals surface area contributed by atoms with Crippen LogP contribution in [0.3, 0.4) is 0 Å². The Labute approximate surface area is 533 Å². The normalized spacial score (nSPS) is 18.7. The Morgan fingerprint density at radius 3 is 1.24 bits per heavy atom. The molecule has 6 N–H and O–H groups in total. The number of allylic oxidation sites excluding steroid dienone is 13. The van der Waals surface area contributed by atoms with E-state index in [1.807, 2.05) is 6.08 Å². The lowest BCUT2D eigenvalue weighted by atomic mass is 9.99. The van der Waals surface area contributed by atoms with Crippen LogP contribution in [0.15, 0.2) is 85.1 Å². The van der Waals surface area contributed by atoms with Gasteiger partial charge in [-0.15, -0.1) is 0 Å². The number of carbonyl (C=O) groups is 2. The molecule has 8 unspecified atom stereocenters. The first kappa shape index (κ1) is 81.9. The van der Waals surface area contributed by atoms with Gasteiger partial charge in [0.25, 0.3) is 0 Å². The van der Waals surface area contributed by atoms with Crippen molar-refractivity contribution in [1.82, 2.24) is 5.32 Å². The van der Waals surface area contributed by atoms with Crippen LogP contribution in [0.5, 0.6) is 0 Å². The van der Waals surface area contributed by atoms with Gasteiger partial charge in [0, 0.05) is 6.42 Å². The number of carbonyl (C=O) groups excluding carboxylic acids is 2. The Morgan fingerprint density at radius 2 is 0.828 bits per heavy atom. The molecule has 504 valence electrons. The van der Waals surface area contributed by atoms with E-state index in [1.165, 1.54) is 186 Å². The minimum absolute atomic E-state index is 0.0664. The SMILES string of the molecule is CC/C=C\C/C=C\C/C=C\C/C=C\C/C=C\C/C=C\CCCCC(=O)OC1C(OCC(NC(=O)C(O)CCCCCCCCCCCCCCCCCCCCCCCCCC)C(O)/C=C/CCCCCCCCCCCCC)OC(CO)C(O)C1O. The third-order valence-electron chi connectivity index (χ3n) is 16.8. The zero-order chi connectivity index (χ0) is 63.1. The molecule has 8 atom stereocenters. The number of hydrogen-bond acceptors (Lipinski definition) is 10. The summed E-state index contributed by atoms with van der Waals surface area (Å²) in [4.78, 5) is 26.7. The van der Waals surface area contributed by atoms with Crippen molar-refractivity contribution >= 4 is 11.9 Å². The summed E-state index contributed by atoms with van der Waals surface area (Å²) in [7, 11) is 0. The molecule has 1 saturated heterocycles. The highest BCUT2D eigenvalue weighted by Gasteiger charge is 2.47. The molecule has 0 aromatic heterocycles. The summed E-state index contributed by atoms with van der Waals surface area (Å²) in [5, 5.41) is 57.3. The molecule has 1 rings (SSSR count). The summed E-state index contributed by atoms with van der Waals surface area (Å²) in [5.41, 5.74) is 0. The second-order valence-corrected chi connectivity index (χ2v) is 24.9. The number of amides is 1. The van der Waals surface area contributed by atoms with Gasteiger partial charge in [0.1, 0.15) is 24.4 Å². The van der Waals surface area contributed by atoms with Crippen molar-refractivity contribution in [2.24, 2.45) is 0 Å². The number of esters is 1. The lowest BCUT2D eigenvalue weighted by Crippen LogP contribution is -2.61. The van der Waals surface area contributed by atoms with Gasteiger partial charge in [0.05, 0.1) is 25.4 Å². The maximum Gasteiger partial charge on any atom is 0.306 e. The van der Waals surface area contributed by atoms with Crippen LogP contribution < -0.4 is 5.32 Å². The van der Waals surface area contributed by atoms with Gasteiger partial charge in [-0.1, -0.05) is 324 Å². The molecule has 1 fully saturated rings. The quantitative estimate of drug-likeness (QED) is 0.0195. The molecule has 1 aliphatic heterocycles. The predicted molar refractivity (Wildman–Crippen MR) is 366 cm³/mol. The Balaban J connectivity index is 2.60. The lowest BCUT2D eigenvalue weighted by Gasteiger charge is -2.41. The monoisotopic (exact) mass is 1220 g/mol. The van der Waals surface area contributed by atoms with Crippen LogP contribution in [-0.2, 0) is 23.8 Å². The molecule has 0 saturated carbocycles. The Kier molecular flexibility index (Phi) is 59.3. The van der Waals surface area contributed by atoms with Crippen molar-refractivity contribution < 1.29 is 49.3 Å². The Morgan fingerprint density at radius 1 is 0.460 bits per heavy atom. The van der Waals surface area contributed by atoms with E-state index in [0.29, 0.717) is 12.8 Å². The van der Waals surface area contributed by atoms with Crippen molar-refractivity contribution in [2.45, 2.75) is 372 Å². The number of rotatable bonds is 62. The van der Waals surface area contributed by atoms with Gasteiger partial charge in [0.15, 0.2) is 12.4 Å². The summed E-state index contributed by atoms with van der Waals surface area (Å²) >= 11 is 0. The van der Waals surface area contributed by atoms with Crippen LogP contribution in [0.25, 0.3) is 0 Å². The van der Waals surface area contributed by atoms with Crippen LogP contribution >= 0.6 is 0 Å². The van der Waals surface area contributed by atoms with Crippen LogP contribution in [0.4, 0.5) is 0 Å². The third kappa shape index (κ3) is 50.2.